The Hall–Kier alpha value is -2.08. The topological polar surface area (TPSA) is 76.1 Å². The molecule has 0 saturated carbocycles. The van der Waals surface area contributed by atoms with Crippen LogP contribution in [0.2, 0.25) is 0 Å². The third kappa shape index (κ3) is 5.74. The first-order valence-electron chi connectivity index (χ1n) is 8.63. The summed E-state index contributed by atoms with van der Waals surface area (Å²) in [6.07, 6.45) is 0.0109. The maximum absolute atomic E-state index is 12.2. The van der Waals surface area contributed by atoms with Gasteiger partial charge in [-0.05, 0) is 29.5 Å². The van der Waals surface area contributed by atoms with E-state index in [2.05, 4.69) is 32.9 Å². The molecule has 1 unspecified atom stereocenters. The fourth-order valence-electron chi connectivity index (χ4n) is 2.65. The zero-order valence-corrected chi connectivity index (χ0v) is 15.2. The summed E-state index contributed by atoms with van der Waals surface area (Å²) < 4.78 is 10.8. The van der Waals surface area contributed by atoms with Gasteiger partial charge in [-0.2, -0.15) is 0 Å². The molecule has 1 fully saturated rings. The summed E-state index contributed by atoms with van der Waals surface area (Å²) in [5.41, 5.74) is 1.35. The molecular weight excluding hydrogens is 322 g/mol. The Morgan fingerprint density at radius 1 is 1.28 bits per heavy atom. The molecule has 2 rings (SSSR count). The first kappa shape index (κ1) is 19.2. The molecule has 1 aliphatic rings. The van der Waals surface area contributed by atoms with Gasteiger partial charge in [0.2, 0.25) is 5.91 Å². The van der Waals surface area contributed by atoms with Crippen LogP contribution in [0, 0.1) is 0 Å². The molecule has 1 N–H and O–H groups in total. The molecular formula is C19H27NO5. The number of amides is 1. The van der Waals surface area contributed by atoms with Crippen LogP contribution in [0.4, 0.5) is 0 Å². The first-order valence-corrected chi connectivity index (χ1v) is 8.63. The zero-order valence-electron chi connectivity index (χ0n) is 15.2. The third-order valence-electron chi connectivity index (χ3n) is 4.22. The summed E-state index contributed by atoms with van der Waals surface area (Å²) >= 11 is 0. The smallest absolute Gasteiger partial charge is 0.334 e. The molecule has 0 aromatic heterocycles. The molecule has 25 heavy (non-hydrogen) atoms. The number of carboxylic acids is 1. The van der Waals surface area contributed by atoms with Crippen molar-refractivity contribution in [1.29, 1.82) is 0 Å². The van der Waals surface area contributed by atoms with E-state index in [-0.39, 0.29) is 24.5 Å². The van der Waals surface area contributed by atoms with Crippen molar-refractivity contribution in [3.63, 3.8) is 0 Å². The molecule has 1 amide bonds. The van der Waals surface area contributed by atoms with Crippen molar-refractivity contribution in [3.05, 3.63) is 29.8 Å². The molecule has 0 radical (unpaired) electrons. The Morgan fingerprint density at radius 2 is 1.96 bits per heavy atom. The normalized spacial score (nSPS) is 18.0. The number of hydrogen-bond acceptors (Lipinski definition) is 4. The number of carboxylic acid groups (broad SMARTS) is 1. The van der Waals surface area contributed by atoms with E-state index in [1.165, 1.54) is 5.56 Å². The summed E-state index contributed by atoms with van der Waals surface area (Å²) in [5, 5.41) is 8.96. The van der Waals surface area contributed by atoms with Gasteiger partial charge in [-0.25, -0.2) is 4.79 Å². The number of hydrogen-bond donors (Lipinski definition) is 1. The maximum atomic E-state index is 12.2. The fourth-order valence-corrected chi connectivity index (χ4v) is 2.65. The molecule has 138 valence electrons. The van der Waals surface area contributed by atoms with Crippen LogP contribution in [0.15, 0.2) is 24.3 Å². The second-order valence-corrected chi connectivity index (χ2v) is 7.26. The highest BCUT2D eigenvalue weighted by atomic mass is 16.5. The van der Waals surface area contributed by atoms with Crippen molar-refractivity contribution >= 4 is 11.9 Å². The van der Waals surface area contributed by atoms with Crippen LogP contribution in [-0.4, -0.2) is 54.3 Å². The molecule has 0 aliphatic carbocycles. The lowest BCUT2D eigenvalue weighted by Crippen LogP contribution is -2.48. The van der Waals surface area contributed by atoms with Crippen molar-refractivity contribution in [2.24, 2.45) is 0 Å². The quantitative estimate of drug-likeness (QED) is 0.799. The molecule has 1 atom stereocenters. The minimum Gasteiger partial charge on any atom is -0.494 e. The first-order chi connectivity index (χ1) is 11.8. The number of nitrogens with zero attached hydrogens (tertiary/aromatic N) is 1. The van der Waals surface area contributed by atoms with Crippen molar-refractivity contribution in [1.82, 2.24) is 4.90 Å². The van der Waals surface area contributed by atoms with E-state index in [0.717, 1.165) is 5.75 Å². The van der Waals surface area contributed by atoms with Gasteiger partial charge in [0, 0.05) is 13.0 Å². The Balaban J connectivity index is 1.72. The molecule has 0 bridgehead atoms. The molecule has 1 saturated heterocycles. The monoisotopic (exact) mass is 349 g/mol. The number of benzene rings is 1. The Kier molecular flexibility index (Phi) is 6.42. The van der Waals surface area contributed by atoms with Gasteiger partial charge < -0.3 is 19.5 Å². The second-order valence-electron chi connectivity index (χ2n) is 7.26. The lowest BCUT2D eigenvalue weighted by molar-refractivity contribution is -0.159. The maximum Gasteiger partial charge on any atom is 0.334 e. The van der Waals surface area contributed by atoms with Gasteiger partial charge >= 0.3 is 5.97 Å². The largest absolute Gasteiger partial charge is 0.494 e. The van der Waals surface area contributed by atoms with Gasteiger partial charge in [-0.3, -0.25) is 4.79 Å². The lowest BCUT2D eigenvalue weighted by Gasteiger charge is -2.30. The van der Waals surface area contributed by atoms with Crippen LogP contribution >= 0.6 is 0 Å². The highest BCUT2D eigenvalue weighted by Gasteiger charge is 2.28. The molecule has 1 aliphatic heterocycles. The van der Waals surface area contributed by atoms with E-state index in [9.17, 15) is 9.59 Å². The predicted octanol–water partition coefficient (Wildman–Crippen LogP) is 2.46. The summed E-state index contributed by atoms with van der Waals surface area (Å²) in [4.78, 5) is 24.7. The summed E-state index contributed by atoms with van der Waals surface area (Å²) in [6, 6.07) is 8.00. The van der Waals surface area contributed by atoms with Crippen LogP contribution in [0.1, 0.15) is 39.2 Å². The Morgan fingerprint density at radius 3 is 2.56 bits per heavy atom. The number of carbonyl (C=O) groups is 2. The fraction of sp³-hybridized carbons (Fsp3) is 0.579. The number of aliphatic carboxylic acids is 1. The molecule has 6 heteroatoms. The van der Waals surface area contributed by atoms with Gasteiger partial charge in [-0.1, -0.05) is 32.9 Å². The minimum absolute atomic E-state index is 0.0544. The summed E-state index contributed by atoms with van der Waals surface area (Å²) in [6.45, 7) is 7.76. The number of rotatable bonds is 6. The highest BCUT2D eigenvalue weighted by Crippen LogP contribution is 2.24. The third-order valence-corrected chi connectivity index (χ3v) is 4.22. The van der Waals surface area contributed by atoms with E-state index in [1.807, 2.05) is 12.1 Å². The average molecular weight is 349 g/mol. The van der Waals surface area contributed by atoms with Gasteiger partial charge in [0.15, 0.2) is 6.10 Å². The molecule has 1 aromatic rings. The SMILES string of the molecule is CC(C)(C)c1ccc(OCCCC(=O)N2CCOC(C(=O)O)C2)cc1. The van der Waals surface area contributed by atoms with Gasteiger partial charge in [0.05, 0.1) is 19.8 Å². The van der Waals surface area contributed by atoms with Gasteiger partial charge in [0.25, 0.3) is 0 Å². The van der Waals surface area contributed by atoms with E-state index < -0.39 is 12.1 Å². The molecule has 1 aromatic carbocycles. The minimum atomic E-state index is -1.03. The van der Waals surface area contributed by atoms with Crippen molar-refractivity contribution in [2.75, 3.05) is 26.3 Å². The number of morpholine rings is 1. The second kappa shape index (κ2) is 8.34. The molecule has 0 spiro atoms. The van der Waals surface area contributed by atoms with Crippen molar-refractivity contribution < 1.29 is 24.2 Å². The molecule has 6 nitrogen and oxygen atoms in total. The van der Waals surface area contributed by atoms with Crippen molar-refractivity contribution in [2.45, 2.75) is 45.1 Å². The van der Waals surface area contributed by atoms with E-state index in [0.29, 0.717) is 26.0 Å². The van der Waals surface area contributed by atoms with Crippen molar-refractivity contribution in [3.8, 4) is 5.75 Å². The van der Waals surface area contributed by atoms with Crippen LogP contribution in [0.3, 0.4) is 0 Å². The van der Waals surface area contributed by atoms with Gasteiger partial charge in [-0.15, -0.1) is 0 Å². The lowest BCUT2D eigenvalue weighted by atomic mass is 9.87. The highest BCUT2D eigenvalue weighted by molar-refractivity contribution is 5.78. The number of carbonyl (C=O) groups excluding carboxylic acids is 1. The van der Waals surface area contributed by atoms with E-state index >= 15 is 0 Å². The summed E-state index contributed by atoms with van der Waals surface area (Å²) in [7, 11) is 0. The zero-order chi connectivity index (χ0) is 18.4. The van der Waals surface area contributed by atoms with E-state index in [4.69, 9.17) is 14.6 Å². The van der Waals surface area contributed by atoms with Crippen LogP contribution in [0.5, 0.6) is 5.75 Å². The summed E-state index contributed by atoms with van der Waals surface area (Å²) in [5.74, 6) is -0.293. The average Bonchev–Trinajstić information content (AvgIpc) is 2.58. The van der Waals surface area contributed by atoms with E-state index in [1.54, 1.807) is 4.90 Å². The van der Waals surface area contributed by atoms with Gasteiger partial charge in [0.1, 0.15) is 5.75 Å². The van der Waals surface area contributed by atoms with Crippen LogP contribution in [0.25, 0.3) is 0 Å². The molecule has 1 heterocycles. The predicted molar refractivity (Wildman–Crippen MR) is 93.8 cm³/mol. The van der Waals surface area contributed by atoms with Crippen LogP contribution in [-0.2, 0) is 19.7 Å². The Labute approximate surface area is 148 Å². The van der Waals surface area contributed by atoms with Crippen LogP contribution < -0.4 is 4.74 Å². The Bertz CT molecular complexity index is 591. The number of ether oxygens (including phenoxy) is 2. The standard InChI is InChI=1S/C19H27NO5/c1-19(2,3)14-6-8-15(9-7-14)24-11-4-5-17(21)20-10-12-25-16(13-20)18(22)23/h6-9,16H,4-5,10-13H2,1-3H3,(H,22,23).